The predicted octanol–water partition coefficient (Wildman–Crippen LogP) is 3.19. The lowest BCUT2D eigenvalue weighted by atomic mass is 9.76. The quantitative estimate of drug-likeness (QED) is 0.706. The molecule has 3 atom stereocenters. The second kappa shape index (κ2) is 7.46. The Morgan fingerprint density at radius 2 is 2.11 bits per heavy atom. The lowest BCUT2D eigenvalue weighted by molar-refractivity contribution is -0.0838. The van der Waals surface area contributed by atoms with Crippen molar-refractivity contribution >= 4 is 0 Å². The van der Waals surface area contributed by atoms with Crippen molar-refractivity contribution in [1.29, 1.82) is 0 Å². The van der Waals surface area contributed by atoms with Crippen molar-refractivity contribution in [3.63, 3.8) is 0 Å². The molecule has 0 aromatic heterocycles. The summed E-state index contributed by atoms with van der Waals surface area (Å²) in [5, 5.41) is 0. The van der Waals surface area contributed by atoms with E-state index in [-0.39, 0.29) is 0 Å². The van der Waals surface area contributed by atoms with E-state index in [2.05, 4.69) is 13.8 Å². The number of hydrogen-bond donors (Lipinski definition) is 0. The van der Waals surface area contributed by atoms with Gasteiger partial charge in [0.2, 0.25) is 0 Å². The highest BCUT2D eigenvalue weighted by molar-refractivity contribution is 4.94. The van der Waals surface area contributed by atoms with Gasteiger partial charge in [0.05, 0.1) is 12.2 Å². The molecule has 2 saturated heterocycles. The molecule has 0 amide bonds. The molecule has 1 radical (unpaired) electrons. The molecule has 0 aromatic carbocycles. The highest BCUT2D eigenvalue weighted by Crippen LogP contribution is 2.39. The minimum absolute atomic E-state index is 0.448. The van der Waals surface area contributed by atoms with E-state index in [0.717, 1.165) is 39.3 Å². The summed E-state index contributed by atoms with van der Waals surface area (Å²) in [6.45, 7) is 7.63. The third-order valence-electron chi connectivity index (χ3n) is 4.29. The highest BCUT2D eigenvalue weighted by atomic mass is 16.5. The first-order valence-electron chi connectivity index (χ1n) is 7.48. The first-order chi connectivity index (χ1) is 8.83. The van der Waals surface area contributed by atoms with Crippen molar-refractivity contribution in [1.82, 2.24) is 0 Å². The Hall–Kier alpha value is -0.120. The zero-order chi connectivity index (χ0) is 12.8. The molecule has 3 heteroatoms. The first-order valence-corrected chi connectivity index (χ1v) is 7.48. The van der Waals surface area contributed by atoms with Gasteiger partial charge in [-0.2, -0.15) is 0 Å². The molecule has 0 N–H and O–H groups in total. The van der Waals surface area contributed by atoms with Crippen molar-refractivity contribution in [2.24, 2.45) is 11.8 Å². The third kappa shape index (κ3) is 3.69. The Kier molecular flexibility index (Phi) is 5.93. The van der Waals surface area contributed by atoms with Crippen LogP contribution in [0.25, 0.3) is 0 Å². The van der Waals surface area contributed by atoms with E-state index in [1.165, 1.54) is 25.4 Å². The van der Waals surface area contributed by atoms with Crippen molar-refractivity contribution in [2.75, 3.05) is 26.4 Å². The maximum atomic E-state index is 5.99. The van der Waals surface area contributed by atoms with Gasteiger partial charge in [-0.15, -0.1) is 0 Å². The fraction of sp³-hybridized carbons (Fsp3) is 0.933. The Morgan fingerprint density at radius 1 is 1.22 bits per heavy atom. The third-order valence-corrected chi connectivity index (χ3v) is 4.29. The van der Waals surface area contributed by atoms with Crippen molar-refractivity contribution in [2.45, 2.75) is 52.1 Å². The molecule has 0 bridgehead atoms. The minimum atomic E-state index is 0.448. The summed E-state index contributed by atoms with van der Waals surface area (Å²) < 4.78 is 17.3. The monoisotopic (exact) mass is 255 g/mol. The minimum Gasteiger partial charge on any atom is -0.382 e. The molecule has 0 spiro atoms. The zero-order valence-corrected chi connectivity index (χ0v) is 11.8. The Morgan fingerprint density at radius 3 is 2.83 bits per heavy atom. The van der Waals surface area contributed by atoms with E-state index >= 15 is 0 Å². The molecular formula is C15H27O3. The van der Waals surface area contributed by atoms with E-state index in [0.29, 0.717) is 17.9 Å². The molecule has 18 heavy (non-hydrogen) atoms. The maximum absolute atomic E-state index is 5.99. The average molecular weight is 255 g/mol. The van der Waals surface area contributed by atoms with Crippen molar-refractivity contribution < 1.29 is 14.2 Å². The van der Waals surface area contributed by atoms with E-state index in [1.54, 1.807) is 0 Å². The largest absolute Gasteiger partial charge is 0.382 e. The second-order valence-corrected chi connectivity index (χ2v) is 5.41. The molecule has 3 unspecified atom stereocenters. The summed E-state index contributed by atoms with van der Waals surface area (Å²) >= 11 is 0. The maximum Gasteiger partial charge on any atom is 0.0975 e. The van der Waals surface area contributed by atoms with Gasteiger partial charge >= 0.3 is 0 Å². The summed E-state index contributed by atoms with van der Waals surface area (Å²) in [5.41, 5.74) is 0. The van der Waals surface area contributed by atoms with Crippen LogP contribution >= 0.6 is 0 Å². The fourth-order valence-corrected chi connectivity index (χ4v) is 3.29. The van der Waals surface area contributed by atoms with Crippen LogP contribution in [0, 0.1) is 17.9 Å². The molecule has 105 valence electrons. The van der Waals surface area contributed by atoms with Gasteiger partial charge in [-0.05, 0) is 57.8 Å². The number of rotatable bonds is 5. The SMILES string of the molecule is CCOCCC1[C](C)OCCC1C1CCCCO1. The summed E-state index contributed by atoms with van der Waals surface area (Å²) in [4.78, 5) is 0. The van der Waals surface area contributed by atoms with Gasteiger partial charge in [-0.1, -0.05) is 0 Å². The van der Waals surface area contributed by atoms with E-state index in [4.69, 9.17) is 14.2 Å². The van der Waals surface area contributed by atoms with Gasteiger partial charge in [0, 0.05) is 26.4 Å². The predicted molar refractivity (Wildman–Crippen MR) is 71.2 cm³/mol. The van der Waals surface area contributed by atoms with Gasteiger partial charge in [0.15, 0.2) is 0 Å². The second-order valence-electron chi connectivity index (χ2n) is 5.41. The lowest BCUT2D eigenvalue weighted by Gasteiger charge is -2.41. The van der Waals surface area contributed by atoms with Gasteiger partial charge < -0.3 is 14.2 Å². The summed E-state index contributed by atoms with van der Waals surface area (Å²) in [7, 11) is 0. The van der Waals surface area contributed by atoms with Gasteiger partial charge in [-0.3, -0.25) is 0 Å². The van der Waals surface area contributed by atoms with Crippen LogP contribution in [-0.2, 0) is 14.2 Å². The molecule has 2 heterocycles. The topological polar surface area (TPSA) is 27.7 Å². The summed E-state index contributed by atoms with van der Waals surface area (Å²) in [6, 6.07) is 0. The highest BCUT2D eigenvalue weighted by Gasteiger charge is 2.37. The Bertz CT molecular complexity index is 226. The van der Waals surface area contributed by atoms with Crippen LogP contribution in [0.5, 0.6) is 0 Å². The number of ether oxygens (including phenoxy) is 3. The van der Waals surface area contributed by atoms with Crippen LogP contribution in [0.2, 0.25) is 0 Å². The number of hydrogen-bond acceptors (Lipinski definition) is 3. The first kappa shape index (κ1) is 14.3. The molecule has 2 fully saturated rings. The molecule has 3 nitrogen and oxygen atoms in total. The van der Waals surface area contributed by atoms with E-state index < -0.39 is 0 Å². The smallest absolute Gasteiger partial charge is 0.0975 e. The Balaban J connectivity index is 1.90. The van der Waals surface area contributed by atoms with Gasteiger partial charge in [0.1, 0.15) is 0 Å². The van der Waals surface area contributed by atoms with Crippen LogP contribution in [-0.4, -0.2) is 32.5 Å². The van der Waals surface area contributed by atoms with E-state index in [1.807, 2.05) is 0 Å². The Labute approximate surface area is 111 Å². The summed E-state index contributed by atoms with van der Waals surface area (Å²) in [6.07, 6.45) is 7.63. The molecule has 2 aliphatic heterocycles. The molecule has 0 aliphatic carbocycles. The van der Waals surface area contributed by atoms with Crippen molar-refractivity contribution in [3.05, 3.63) is 6.10 Å². The lowest BCUT2D eigenvalue weighted by Crippen LogP contribution is -2.40. The van der Waals surface area contributed by atoms with Crippen LogP contribution in [0.3, 0.4) is 0 Å². The molecule has 0 aromatic rings. The molecule has 0 saturated carbocycles. The van der Waals surface area contributed by atoms with Crippen LogP contribution in [0.15, 0.2) is 0 Å². The molecule has 2 rings (SSSR count). The fourth-order valence-electron chi connectivity index (χ4n) is 3.29. The van der Waals surface area contributed by atoms with Gasteiger partial charge in [-0.25, -0.2) is 0 Å². The standard InChI is InChI=1S/C15H27O3/c1-3-16-10-7-13-12(2)17-11-8-14(13)15-6-4-5-9-18-15/h13-15H,3-11H2,1-2H3. The zero-order valence-electron chi connectivity index (χ0n) is 11.8. The normalized spacial score (nSPS) is 34.7. The average Bonchev–Trinajstić information content (AvgIpc) is 2.42. The molecular weight excluding hydrogens is 228 g/mol. The van der Waals surface area contributed by atoms with Crippen LogP contribution in [0.1, 0.15) is 46.0 Å². The summed E-state index contributed by atoms with van der Waals surface area (Å²) in [5.74, 6) is 1.16. The molecule has 2 aliphatic rings. The van der Waals surface area contributed by atoms with Crippen LogP contribution in [0.4, 0.5) is 0 Å². The van der Waals surface area contributed by atoms with Crippen molar-refractivity contribution in [3.8, 4) is 0 Å². The van der Waals surface area contributed by atoms with Crippen LogP contribution < -0.4 is 0 Å². The van der Waals surface area contributed by atoms with E-state index in [9.17, 15) is 0 Å². The van der Waals surface area contributed by atoms with Gasteiger partial charge in [0.25, 0.3) is 0 Å².